The van der Waals surface area contributed by atoms with Gasteiger partial charge in [0.15, 0.2) is 0 Å². The van der Waals surface area contributed by atoms with Crippen LogP contribution in [-0.2, 0) is 13.0 Å². The molecule has 0 aromatic carbocycles. The number of hydrogen-bond acceptors (Lipinski definition) is 6. The van der Waals surface area contributed by atoms with Gasteiger partial charge in [0.2, 0.25) is 0 Å². The van der Waals surface area contributed by atoms with Crippen molar-refractivity contribution in [1.82, 2.24) is 15.0 Å². The maximum absolute atomic E-state index is 4.52. The first-order valence-electron chi connectivity index (χ1n) is 6.56. The summed E-state index contributed by atoms with van der Waals surface area (Å²) in [7, 11) is 0. The van der Waals surface area contributed by atoms with Crippen LogP contribution in [0.2, 0.25) is 0 Å². The Morgan fingerprint density at radius 1 is 1.16 bits per heavy atom. The van der Waals surface area contributed by atoms with Gasteiger partial charge in [0.05, 0.1) is 6.54 Å². The average Bonchev–Trinajstić information content (AvgIpc) is 2.90. The van der Waals surface area contributed by atoms with Crippen LogP contribution in [0, 0.1) is 0 Å². The van der Waals surface area contributed by atoms with Crippen LogP contribution in [0.15, 0.2) is 17.6 Å². The summed E-state index contributed by atoms with van der Waals surface area (Å²) in [6.07, 6.45) is 3.75. The third-order valence-electron chi connectivity index (χ3n) is 2.51. The zero-order valence-electron chi connectivity index (χ0n) is 11.3. The predicted octanol–water partition coefficient (Wildman–Crippen LogP) is 2.93. The van der Waals surface area contributed by atoms with Gasteiger partial charge < -0.3 is 10.6 Å². The molecule has 0 saturated heterocycles. The van der Waals surface area contributed by atoms with Gasteiger partial charge in [0.1, 0.15) is 22.5 Å². The van der Waals surface area contributed by atoms with E-state index in [1.807, 2.05) is 17.6 Å². The third kappa shape index (κ3) is 4.17. The lowest BCUT2D eigenvalue weighted by Gasteiger charge is -2.09. The number of aryl methyl sites for hydroxylation is 1. The summed E-state index contributed by atoms with van der Waals surface area (Å²) in [5.41, 5.74) is 0. The lowest BCUT2D eigenvalue weighted by Crippen LogP contribution is -2.08. The molecule has 0 spiro atoms. The standard InChI is InChI=1S/C13H19N5S/c1-3-5-10-17-11(14-4-2)8-12(18-10)16-9-13-15-6-7-19-13/h6-8H,3-5,9H2,1-2H3,(H2,14,16,17,18). The summed E-state index contributed by atoms with van der Waals surface area (Å²) >= 11 is 1.64. The normalized spacial score (nSPS) is 10.4. The fraction of sp³-hybridized carbons (Fsp3) is 0.462. The molecule has 0 atom stereocenters. The molecular weight excluding hydrogens is 258 g/mol. The van der Waals surface area contributed by atoms with Crippen LogP contribution in [0.1, 0.15) is 31.1 Å². The maximum atomic E-state index is 4.52. The number of anilines is 2. The zero-order valence-corrected chi connectivity index (χ0v) is 12.1. The largest absolute Gasteiger partial charge is 0.370 e. The Bertz CT molecular complexity index is 473. The molecule has 0 saturated carbocycles. The molecule has 2 heterocycles. The molecule has 0 amide bonds. The topological polar surface area (TPSA) is 62.7 Å². The highest BCUT2D eigenvalue weighted by Crippen LogP contribution is 2.14. The van der Waals surface area contributed by atoms with Crippen molar-refractivity contribution in [2.24, 2.45) is 0 Å². The second-order valence-electron chi connectivity index (χ2n) is 4.11. The van der Waals surface area contributed by atoms with Crippen molar-refractivity contribution in [3.63, 3.8) is 0 Å². The SMILES string of the molecule is CCCc1nc(NCC)cc(NCc2nccs2)n1. The Morgan fingerprint density at radius 2 is 1.95 bits per heavy atom. The van der Waals surface area contributed by atoms with E-state index in [9.17, 15) is 0 Å². The van der Waals surface area contributed by atoms with Crippen LogP contribution in [0.5, 0.6) is 0 Å². The first-order valence-corrected chi connectivity index (χ1v) is 7.43. The fourth-order valence-electron chi connectivity index (χ4n) is 1.70. The van der Waals surface area contributed by atoms with Gasteiger partial charge in [-0.05, 0) is 13.3 Å². The molecular formula is C13H19N5S. The summed E-state index contributed by atoms with van der Waals surface area (Å²) in [4.78, 5) is 13.2. The van der Waals surface area contributed by atoms with Crippen LogP contribution in [0.3, 0.4) is 0 Å². The smallest absolute Gasteiger partial charge is 0.133 e. The summed E-state index contributed by atoms with van der Waals surface area (Å²) in [5.74, 6) is 2.61. The van der Waals surface area contributed by atoms with Gasteiger partial charge in [-0.1, -0.05) is 6.92 Å². The lowest BCUT2D eigenvalue weighted by molar-refractivity contribution is 0.833. The molecule has 0 fully saturated rings. The van der Waals surface area contributed by atoms with Crippen LogP contribution >= 0.6 is 11.3 Å². The van der Waals surface area contributed by atoms with Gasteiger partial charge in [-0.25, -0.2) is 15.0 Å². The van der Waals surface area contributed by atoms with E-state index < -0.39 is 0 Å². The van der Waals surface area contributed by atoms with E-state index in [1.54, 1.807) is 11.3 Å². The molecule has 2 aromatic heterocycles. The highest BCUT2D eigenvalue weighted by molar-refractivity contribution is 7.09. The van der Waals surface area contributed by atoms with Crippen molar-refractivity contribution in [3.05, 3.63) is 28.5 Å². The Hall–Kier alpha value is -1.69. The second-order valence-corrected chi connectivity index (χ2v) is 5.09. The lowest BCUT2D eigenvalue weighted by atomic mass is 10.3. The average molecular weight is 277 g/mol. The summed E-state index contributed by atoms with van der Waals surface area (Å²) in [6, 6.07) is 1.94. The van der Waals surface area contributed by atoms with E-state index in [1.165, 1.54) is 0 Å². The van der Waals surface area contributed by atoms with Gasteiger partial charge >= 0.3 is 0 Å². The highest BCUT2D eigenvalue weighted by Gasteiger charge is 2.04. The first kappa shape index (κ1) is 13.7. The first-order chi connectivity index (χ1) is 9.31. The number of nitrogens with one attached hydrogen (secondary N) is 2. The van der Waals surface area contributed by atoms with E-state index in [0.29, 0.717) is 6.54 Å². The van der Waals surface area contributed by atoms with E-state index >= 15 is 0 Å². The molecule has 0 bridgehead atoms. The molecule has 0 aliphatic carbocycles. The molecule has 0 aliphatic rings. The maximum Gasteiger partial charge on any atom is 0.133 e. The Balaban J connectivity index is 2.08. The van der Waals surface area contributed by atoms with Crippen LogP contribution in [0.25, 0.3) is 0 Å². The Labute approximate surface area is 117 Å². The summed E-state index contributed by atoms with van der Waals surface area (Å²) in [6.45, 7) is 5.75. The van der Waals surface area contributed by atoms with Crippen molar-refractivity contribution in [2.75, 3.05) is 17.2 Å². The van der Waals surface area contributed by atoms with E-state index in [4.69, 9.17) is 0 Å². The number of nitrogens with zero attached hydrogens (tertiary/aromatic N) is 3. The molecule has 19 heavy (non-hydrogen) atoms. The number of aromatic nitrogens is 3. The van der Waals surface area contributed by atoms with Crippen LogP contribution < -0.4 is 10.6 Å². The van der Waals surface area contributed by atoms with E-state index in [2.05, 4.69) is 39.4 Å². The molecule has 0 unspecified atom stereocenters. The van der Waals surface area contributed by atoms with Crippen molar-refractivity contribution in [1.29, 1.82) is 0 Å². The minimum Gasteiger partial charge on any atom is -0.370 e. The van der Waals surface area contributed by atoms with Gasteiger partial charge in [-0.15, -0.1) is 11.3 Å². The highest BCUT2D eigenvalue weighted by atomic mass is 32.1. The fourth-order valence-corrected chi connectivity index (χ4v) is 2.26. The monoisotopic (exact) mass is 277 g/mol. The van der Waals surface area contributed by atoms with E-state index in [-0.39, 0.29) is 0 Å². The number of hydrogen-bond donors (Lipinski definition) is 2. The van der Waals surface area contributed by atoms with E-state index in [0.717, 1.165) is 41.9 Å². The van der Waals surface area contributed by atoms with Gasteiger partial charge in [-0.3, -0.25) is 0 Å². The second kappa shape index (κ2) is 7.04. The minimum atomic E-state index is 0.700. The van der Waals surface area contributed by atoms with Gasteiger partial charge in [0.25, 0.3) is 0 Å². The summed E-state index contributed by atoms with van der Waals surface area (Å²) in [5, 5.41) is 9.57. The molecule has 2 rings (SSSR count). The molecule has 102 valence electrons. The van der Waals surface area contributed by atoms with Gasteiger partial charge in [0, 0.05) is 30.6 Å². The number of thiazole rings is 1. The van der Waals surface area contributed by atoms with Crippen molar-refractivity contribution < 1.29 is 0 Å². The number of rotatable bonds is 7. The molecule has 0 aliphatic heterocycles. The minimum absolute atomic E-state index is 0.700. The molecule has 6 heteroatoms. The van der Waals surface area contributed by atoms with Crippen LogP contribution in [0.4, 0.5) is 11.6 Å². The zero-order chi connectivity index (χ0) is 13.5. The van der Waals surface area contributed by atoms with Crippen molar-refractivity contribution in [3.8, 4) is 0 Å². The molecule has 5 nitrogen and oxygen atoms in total. The van der Waals surface area contributed by atoms with Crippen LogP contribution in [-0.4, -0.2) is 21.5 Å². The predicted molar refractivity (Wildman–Crippen MR) is 79.6 cm³/mol. The van der Waals surface area contributed by atoms with Crippen molar-refractivity contribution >= 4 is 23.0 Å². The Morgan fingerprint density at radius 3 is 2.58 bits per heavy atom. The quantitative estimate of drug-likeness (QED) is 0.814. The molecule has 2 aromatic rings. The molecule has 2 N–H and O–H groups in total. The molecule has 0 radical (unpaired) electrons. The third-order valence-corrected chi connectivity index (χ3v) is 3.29. The summed E-state index contributed by atoms with van der Waals surface area (Å²) < 4.78 is 0. The Kier molecular flexibility index (Phi) is 5.09. The van der Waals surface area contributed by atoms with Gasteiger partial charge in [-0.2, -0.15) is 0 Å². The van der Waals surface area contributed by atoms with Crippen molar-refractivity contribution in [2.45, 2.75) is 33.2 Å².